The van der Waals surface area contributed by atoms with Gasteiger partial charge in [0.2, 0.25) is 0 Å². The summed E-state index contributed by atoms with van der Waals surface area (Å²) in [6.45, 7) is 21.5. The normalized spacial score (nSPS) is 12.8. The standard InChI is InChI=1S/C25H16Cl2N4O5.C23H27N5O.C21H23N5O3.C17H17N5O3/c26-15-6-9-18(20(27)11-15)23-13-21(19-8-5-14-3-1-2-4-17(14)25(19)32)28-29(23)22-10-7-16(30(33)34)12-24(22)31(35)36;1-4-28(5-2)12-6-9-25-23-17-13-18-21(15(3)16(17)7-11-26-23)27-20-8-10-24-14-19(20)22(18)29;1-4-25(5-2)11-10-22-16-7-8-17-20-19(16)21(28)15-12-14(29-13(3)27)6-9-18(15)26(20)24-23-17;23-8-7-18-5-6-19-12-2-3-13-16-15(12)17(25)11-9-10(24)1-4-14(11)22(16)21-20-13/h1-12,23,32H,13H2;7-8,10-11,13-14H,4-6,9,12H2,1-3H3,(H,25,26)(H,27,29);6-9,12,22H,4-5,10-11H2,1-3H3;1-4,9,18-19,23-24H,5-8H2. The molecule has 1 atom stereocenters. The maximum absolute atomic E-state index is 13.4. The number of rotatable bonds is 25. The number of nitrogens with zero attached hydrogens (tertiary/aromatic N) is 14. The van der Waals surface area contributed by atoms with Crippen LogP contribution >= 0.6 is 23.2 Å². The zero-order chi connectivity index (χ0) is 83.9. The van der Waals surface area contributed by atoms with Gasteiger partial charge in [-0.25, -0.2) is 14.0 Å². The maximum Gasteiger partial charge on any atom is 0.308 e. The average molecular weight is 1650 g/mol. The Hall–Kier alpha value is -13.4. The second-order valence-electron chi connectivity index (χ2n) is 28.2. The Balaban J connectivity index is 0.000000131. The van der Waals surface area contributed by atoms with Crippen molar-refractivity contribution in [3.63, 3.8) is 0 Å². The number of aromatic hydroxyl groups is 2. The molecule has 0 radical (unpaired) electrons. The maximum atomic E-state index is 13.4. The van der Waals surface area contributed by atoms with Crippen LogP contribution in [0.25, 0.3) is 98.0 Å². The fourth-order valence-electron chi connectivity index (χ4n) is 15.1. The van der Waals surface area contributed by atoms with Gasteiger partial charge in [-0.2, -0.15) is 5.10 Å². The van der Waals surface area contributed by atoms with Crippen molar-refractivity contribution < 1.29 is 34.7 Å². The molecule has 0 bridgehead atoms. The molecule has 0 saturated heterocycles. The van der Waals surface area contributed by atoms with Gasteiger partial charge in [0.05, 0.1) is 83.3 Å². The molecule has 8 heterocycles. The van der Waals surface area contributed by atoms with Crippen molar-refractivity contribution >= 4 is 167 Å². The minimum atomic E-state index is -0.698. The number of carbonyl (C=O) groups is 1. The molecule has 1 unspecified atom stereocenters. The summed E-state index contributed by atoms with van der Waals surface area (Å²) in [5, 5.41) is 96.2. The number of phenols is 2. The molecule has 0 spiro atoms. The number of phenolic OH excluding ortho intramolecular Hbond substituents is 2. The molecule has 0 amide bonds. The molecule has 0 aliphatic carbocycles. The van der Waals surface area contributed by atoms with E-state index < -0.39 is 33.2 Å². The predicted molar refractivity (Wildman–Crippen MR) is 468 cm³/mol. The number of aromatic nitrogens is 9. The quantitative estimate of drug-likeness (QED) is 0.00658. The molecule has 9 aromatic carbocycles. The number of ether oxygens (including phenoxy) is 1. The molecule has 8 N–H and O–H groups in total. The molecule has 16 aromatic rings. The topological polar surface area (TPSA) is 397 Å². The number of halogens is 2. The van der Waals surface area contributed by atoms with E-state index in [0.717, 1.165) is 109 Å². The number of non-ortho nitro benzene ring substituents is 1. The van der Waals surface area contributed by atoms with Gasteiger partial charge in [-0.1, -0.05) is 97.7 Å². The highest BCUT2D eigenvalue weighted by atomic mass is 35.5. The zero-order valence-electron chi connectivity index (χ0n) is 65.7. The lowest BCUT2D eigenvalue weighted by molar-refractivity contribution is -0.393. The van der Waals surface area contributed by atoms with Crippen LogP contribution < -0.4 is 47.3 Å². The summed E-state index contributed by atoms with van der Waals surface area (Å²) < 4.78 is 8.47. The van der Waals surface area contributed by atoms with Gasteiger partial charge in [0.25, 0.3) is 5.69 Å². The number of hydrogen-bond donors (Lipinski definition) is 8. The van der Waals surface area contributed by atoms with Crippen LogP contribution in [-0.4, -0.2) is 170 Å². The zero-order valence-corrected chi connectivity index (χ0v) is 67.2. The Bertz CT molecular complexity index is 6780. The number of likely N-dealkylation sites (N-methyl/N-ethyl adjacent to an activating group) is 1. The molecule has 33 heteroatoms. The number of hydrazone groups is 1. The van der Waals surface area contributed by atoms with Crippen molar-refractivity contribution in [3.05, 3.63) is 248 Å². The smallest absolute Gasteiger partial charge is 0.308 e. The lowest BCUT2D eigenvalue weighted by Crippen LogP contribution is -2.28. The number of aliphatic hydroxyl groups excluding tert-OH is 1. The highest BCUT2D eigenvalue weighted by molar-refractivity contribution is 6.35. The molecular formula is C86H83Cl2N19O12. The van der Waals surface area contributed by atoms with E-state index in [-0.39, 0.29) is 46.5 Å². The Morgan fingerprint density at radius 1 is 0.647 bits per heavy atom. The van der Waals surface area contributed by atoms with E-state index in [2.05, 4.69) is 106 Å². The SMILES string of the molecule is CCN(CC)CCCNc1nccc2c(C)c3[nH]c4ccncc4c(=O)c3cc12.CCN(CC)CCNc1ccc2nnn3c4ccc(OC(C)=O)cc4c(=O)c1c23.O=[N+]([O-])c1ccc(N2N=C(c3ccc4ccccc4c3O)CC2c2ccc(Cl)cc2Cl)c([N+](=O)[O-])c1.O=c1c2cc(O)ccc2n2nnc3ccc(NCCNCCO)c1c32. The summed E-state index contributed by atoms with van der Waals surface area (Å²) in [7, 11) is 0. The fraction of sp³-hybridized carbons (Fsp3) is 0.244. The van der Waals surface area contributed by atoms with Gasteiger partial charge < -0.3 is 56.1 Å². The second-order valence-corrected chi connectivity index (χ2v) is 29.1. The summed E-state index contributed by atoms with van der Waals surface area (Å²) in [5.41, 5.74) is 8.49. The molecule has 17 rings (SSSR count). The van der Waals surface area contributed by atoms with E-state index >= 15 is 0 Å². The van der Waals surface area contributed by atoms with Gasteiger partial charge >= 0.3 is 11.7 Å². The fourth-order valence-corrected chi connectivity index (χ4v) is 15.7. The summed E-state index contributed by atoms with van der Waals surface area (Å²) in [6, 6.07) is 41.4. The Morgan fingerprint density at radius 3 is 2.00 bits per heavy atom. The van der Waals surface area contributed by atoms with Gasteiger partial charge in [-0.15, -0.1) is 10.2 Å². The van der Waals surface area contributed by atoms with Crippen molar-refractivity contribution in [3.8, 4) is 17.2 Å². The molecule has 7 aromatic heterocycles. The van der Waals surface area contributed by atoms with Crippen LogP contribution in [0, 0.1) is 27.2 Å². The summed E-state index contributed by atoms with van der Waals surface area (Å²) >= 11 is 12.6. The van der Waals surface area contributed by atoms with Gasteiger partial charge in [-0.3, -0.25) is 49.4 Å². The first-order chi connectivity index (χ1) is 57.6. The van der Waals surface area contributed by atoms with Crippen molar-refractivity contribution in [2.45, 2.75) is 60.4 Å². The number of aromatic amines is 1. The number of nitro benzene ring substituents is 2. The number of benzene rings is 9. The molecule has 1 aliphatic rings. The summed E-state index contributed by atoms with van der Waals surface area (Å²) in [5.74, 6) is 0.794. The van der Waals surface area contributed by atoms with E-state index in [1.807, 2.05) is 72.9 Å². The highest BCUT2D eigenvalue weighted by Crippen LogP contribution is 2.46. The number of nitrogens with one attached hydrogen (secondary N) is 5. The first-order valence-electron chi connectivity index (χ1n) is 38.8. The number of H-pyrrole nitrogens is 1. The monoisotopic (exact) mass is 1640 g/mol. The van der Waals surface area contributed by atoms with E-state index in [0.29, 0.717) is 129 Å². The predicted octanol–water partition coefficient (Wildman–Crippen LogP) is 14.1. The molecule has 119 heavy (non-hydrogen) atoms. The average Bonchev–Trinajstić information content (AvgIpc) is 1.69. The number of pyridine rings is 5. The highest BCUT2D eigenvalue weighted by Gasteiger charge is 2.37. The number of esters is 1. The third-order valence-corrected chi connectivity index (χ3v) is 21.7. The lowest BCUT2D eigenvalue weighted by atomic mass is 9.95. The minimum Gasteiger partial charge on any atom is -0.508 e. The van der Waals surface area contributed by atoms with Crippen molar-refractivity contribution in [2.24, 2.45) is 5.10 Å². The Labute approximate surface area is 688 Å². The molecule has 0 fully saturated rings. The van der Waals surface area contributed by atoms with Crippen LogP contribution in [-0.2, 0) is 4.79 Å². The lowest BCUT2D eigenvalue weighted by Gasteiger charge is -2.24. The van der Waals surface area contributed by atoms with Crippen LogP contribution in [0.15, 0.2) is 190 Å². The summed E-state index contributed by atoms with van der Waals surface area (Å²) in [6.07, 6.45) is 6.45. The van der Waals surface area contributed by atoms with E-state index in [1.165, 1.54) is 36.2 Å². The van der Waals surface area contributed by atoms with Crippen LogP contribution in [0.2, 0.25) is 10.0 Å². The first kappa shape index (κ1) is 82.1. The number of hydrogen-bond acceptors (Lipinski definition) is 26. The molecule has 31 nitrogen and oxygen atoms in total. The number of nitro groups is 2. The largest absolute Gasteiger partial charge is 0.508 e. The van der Waals surface area contributed by atoms with Gasteiger partial charge in [0, 0.05) is 120 Å². The van der Waals surface area contributed by atoms with Gasteiger partial charge in [-0.05, 0) is 171 Å². The summed E-state index contributed by atoms with van der Waals surface area (Å²) in [4.78, 5) is 89.4. The number of aliphatic hydroxyl groups is 1. The molecule has 608 valence electrons. The van der Waals surface area contributed by atoms with Crippen molar-refractivity contribution in [1.29, 1.82) is 0 Å². The van der Waals surface area contributed by atoms with Crippen molar-refractivity contribution in [2.75, 3.05) is 99.6 Å². The van der Waals surface area contributed by atoms with Gasteiger partial charge in [0.15, 0.2) is 16.3 Å². The van der Waals surface area contributed by atoms with E-state index in [1.54, 1.807) is 76.0 Å². The third-order valence-electron chi connectivity index (χ3n) is 21.2. The first-order valence-corrected chi connectivity index (χ1v) is 39.5. The number of carbonyl (C=O) groups excluding carboxylic acids is 1. The van der Waals surface area contributed by atoms with Gasteiger partial charge in [0.1, 0.15) is 50.8 Å². The van der Waals surface area contributed by atoms with Crippen molar-refractivity contribution in [1.82, 2.24) is 59.7 Å². The number of aryl methyl sites for hydroxylation is 1. The molecule has 0 saturated carbocycles. The van der Waals surface area contributed by atoms with Crippen LogP contribution in [0.1, 0.15) is 70.2 Å². The van der Waals surface area contributed by atoms with Crippen LogP contribution in [0.4, 0.5) is 34.3 Å². The number of fused-ring (bicyclic) bond motifs is 8. The third kappa shape index (κ3) is 16.8. The van der Waals surface area contributed by atoms with E-state index in [9.17, 15) is 49.6 Å². The van der Waals surface area contributed by atoms with E-state index in [4.69, 9.17) is 33.0 Å². The molecule has 1 aliphatic heterocycles. The van der Waals surface area contributed by atoms with Crippen LogP contribution in [0.5, 0.6) is 17.2 Å². The molecular weight excluding hydrogens is 1560 g/mol. The Morgan fingerprint density at radius 2 is 1.33 bits per heavy atom. The number of anilines is 4. The second kappa shape index (κ2) is 36.0. The van der Waals surface area contributed by atoms with Crippen LogP contribution in [0.3, 0.4) is 0 Å². The minimum absolute atomic E-state index is 0.00295. The Kier molecular flexibility index (Phi) is 24.8.